The first kappa shape index (κ1) is 18.6. The molecule has 28 heavy (non-hydrogen) atoms. The first-order valence-electron chi connectivity index (χ1n) is 9.35. The van der Waals surface area contributed by atoms with Crippen LogP contribution in [-0.2, 0) is 0 Å². The van der Waals surface area contributed by atoms with Crippen LogP contribution in [0.2, 0.25) is 0 Å². The molecule has 0 unspecified atom stereocenters. The zero-order valence-corrected chi connectivity index (χ0v) is 16.4. The molecule has 0 N–H and O–H groups in total. The number of likely N-dealkylation sites (tertiary alicyclic amines) is 1. The van der Waals surface area contributed by atoms with E-state index in [1.807, 2.05) is 22.4 Å². The number of thiazole rings is 1. The maximum absolute atomic E-state index is 14.1. The van der Waals surface area contributed by atoms with Crippen LogP contribution in [0.15, 0.2) is 61.2 Å². The van der Waals surface area contributed by atoms with Gasteiger partial charge in [-0.05, 0) is 37.8 Å². The molecule has 0 atom stereocenters. The average molecular weight is 396 g/mol. The van der Waals surface area contributed by atoms with Crippen LogP contribution in [0.5, 0.6) is 0 Å². The summed E-state index contributed by atoms with van der Waals surface area (Å²) in [6, 6.07) is 6.54. The van der Waals surface area contributed by atoms with E-state index in [9.17, 15) is 9.18 Å². The fraction of sp³-hybridized carbons (Fsp3) is 0.273. The van der Waals surface area contributed by atoms with Crippen LogP contribution in [0.4, 0.5) is 4.39 Å². The summed E-state index contributed by atoms with van der Waals surface area (Å²) in [6.45, 7) is 8.48. The first-order valence-corrected chi connectivity index (χ1v) is 10.2. The molecule has 1 saturated heterocycles. The lowest BCUT2D eigenvalue weighted by molar-refractivity contribution is 0.0594. The standard InChI is InChI=1S/C22H22FN3OS/c1-3-10-22(11-4-2)12-7-13-26(22)20(27)19-15-28-21-24-18(14-25(19)21)16-8-5-6-9-17(16)23/h3-6,8-9,14-15H,1-2,7,10-13H2. The fourth-order valence-electron chi connectivity index (χ4n) is 4.18. The molecule has 1 fully saturated rings. The van der Waals surface area contributed by atoms with Gasteiger partial charge in [0.15, 0.2) is 4.96 Å². The normalized spacial score (nSPS) is 15.8. The van der Waals surface area contributed by atoms with Gasteiger partial charge in [0, 0.05) is 23.7 Å². The molecular weight excluding hydrogens is 373 g/mol. The van der Waals surface area contributed by atoms with Gasteiger partial charge in [0.1, 0.15) is 11.5 Å². The van der Waals surface area contributed by atoms with Crippen molar-refractivity contribution in [3.8, 4) is 11.3 Å². The third-order valence-electron chi connectivity index (χ3n) is 5.47. The van der Waals surface area contributed by atoms with Gasteiger partial charge in [-0.1, -0.05) is 24.3 Å². The summed E-state index contributed by atoms with van der Waals surface area (Å²) >= 11 is 1.39. The zero-order valence-electron chi connectivity index (χ0n) is 15.6. The second-order valence-electron chi connectivity index (χ2n) is 7.15. The molecule has 0 radical (unpaired) electrons. The van der Waals surface area contributed by atoms with Gasteiger partial charge in [0.25, 0.3) is 5.91 Å². The van der Waals surface area contributed by atoms with E-state index in [2.05, 4.69) is 18.1 Å². The number of aromatic nitrogens is 2. The van der Waals surface area contributed by atoms with Gasteiger partial charge >= 0.3 is 0 Å². The summed E-state index contributed by atoms with van der Waals surface area (Å²) in [6.07, 6.45) is 8.89. The topological polar surface area (TPSA) is 37.6 Å². The number of rotatable bonds is 6. The summed E-state index contributed by atoms with van der Waals surface area (Å²) in [7, 11) is 0. The maximum Gasteiger partial charge on any atom is 0.272 e. The number of halogens is 1. The summed E-state index contributed by atoms with van der Waals surface area (Å²) in [5, 5.41) is 1.83. The Labute approximate surface area is 167 Å². The Hall–Kier alpha value is -2.73. The summed E-state index contributed by atoms with van der Waals surface area (Å²) < 4.78 is 15.9. The molecule has 144 valence electrons. The Morgan fingerprint density at radius 2 is 2.04 bits per heavy atom. The number of hydrogen-bond donors (Lipinski definition) is 0. The predicted octanol–water partition coefficient (Wildman–Crippen LogP) is 5.33. The van der Waals surface area contributed by atoms with Gasteiger partial charge in [-0.15, -0.1) is 24.5 Å². The van der Waals surface area contributed by atoms with Crippen LogP contribution in [0.25, 0.3) is 16.2 Å². The van der Waals surface area contributed by atoms with E-state index >= 15 is 0 Å². The molecular formula is C22H22FN3OS. The molecule has 4 nitrogen and oxygen atoms in total. The van der Waals surface area contributed by atoms with Gasteiger partial charge in [-0.25, -0.2) is 9.37 Å². The van der Waals surface area contributed by atoms with Crippen molar-refractivity contribution in [2.24, 2.45) is 0 Å². The van der Waals surface area contributed by atoms with Crippen LogP contribution >= 0.6 is 11.3 Å². The van der Waals surface area contributed by atoms with Crippen LogP contribution in [-0.4, -0.2) is 32.3 Å². The summed E-state index contributed by atoms with van der Waals surface area (Å²) in [5.41, 5.74) is 1.27. The molecule has 4 rings (SSSR count). The van der Waals surface area contributed by atoms with E-state index in [1.165, 1.54) is 17.4 Å². The largest absolute Gasteiger partial charge is 0.331 e. The lowest BCUT2D eigenvalue weighted by atomic mass is 9.88. The molecule has 1 aliphatic rings. The SMILES string of the molecule is C=CCC1(CC=C)CCCN1C(=O)c1csc2nc(-c3ccccc3F)cn12. The van der Waals surface area contributed by atoms with Crippen molar-refractivity contribution in [1.82, 2.24) is 14.3 Å². The number of carbonyl (C=O) groups excluding carboxylic acids is 1. The first-order chi connectivity index (χ1) is 13.6. The third-order valence-corrected chi connectivity index (χ3v) is 6.31. The Kier molecular flexibility index (Phi) is 4.89. The molecule has 3 aromatic rings. The highest BCUT2D eigenvalue weighted by molar-refractivity contribution is 7.15. The minimum atomic E-state index is -0.323. The van der Waals surface area contributed by atoms with Crippen molar-refractivity contribution in [3.05, 3.63) is 72.7 Å². The van der Waals surface area contributed by atoms with Gasteiger partial charge < -0.3 is 4.90 Å². The Bertz CT molecular complexity index is 1040. The Morgan fingerprint density at radius 1 is 1.29 bits per heavy atom. The number of fused-ring (bicyclic) bond motifs is 1. The molecule has 0 saturated carbocycles. The van der Waals surface area contributed by atoms with Crippen molar-refractivity contribution in [2.45, 2.75) is 31.2 Å². The van der Waals surface area contributed by atoms with E-state index in [1.54, 1.807) is 28.8 Å². The predicted molar refractivity (Wildman–Crippen MR) is 111 cm³/mol. The lowest BCUT2D eigenvalue weighted by Gasteiger charge is -2.37. The van der Waals surface area contributed by atoms with Crippen LogP contribution in [0.1, 0.15) is 36.2 Å². The van der Waals surface area contributed by atoms with Gasteiger partial charge in [-0.2, -0.15) is 0 Å². The highest BCUT2D eigenvalue weighted by Gasteiger charge is 2.42. The molecule has 0 aliphatic carbocycles. The zero-order chi connectivity index (χ0) is 19.7. The highest BCUT2D eigenvalue weighted by atomic mass is 32.1. The van der Waals surface area contributed by atoms with Crippen LogP contribution in [0, 0.1) is 5.82 Å². The molecule has 1 aliphatic heterocycles. The third kappa shape index (κ3) is 2.98. The van der Waals surface area contributed by atoms with Gasteiger partial charge in [0.2, 0.25) is 0 Å². The number of benzene rings is 1. The van der Waals surface area contributed by atoms with Crippen LogP contribution < -0.4 is 0 Å². The smallest absolute Gasteiger partial charge is 0.272 e. The minimum Gasteiger partial charge on any atom is -0.331 e. The number of imidazole rings is 1. The van der Waals surface area contributed by atoms with E-state index in [-0.39, 0.29) is 17.3 Å². The molecule has 3 heterocycles. The van der Waals surface area contributed by atoms with Crippen LogP contribution in [0.3, 0.4) is 0 Å². The molecule has 1 amide bonds. The van der Waals surface area contributed by atoms with Gasteiger partial charge in [0.05, 0.1) is 11.2 Å². The van der Waals surface area contributed by atoms with Crippen molar-refractivity contribution in [3.63, 3.8) is 0 Å². The quantitative estimate of drug-likeness (QED) is 0.529. The Morgan fingerprint density at radius 3 is 2.75 bits per heavy atom. The van der Waals surface area contributed by atoms with Crippen molar-refractivity contribution in [1.29, 1.82) is 0 Å². The molecule has 0 spiro atoms. The molecule has 2 aromatic heterocycles. The number of amides is 1. The van der Waals surface area contributed by atoms with E-state index in [0.717, 1.165) is 25.7 Å². The molecule has 6 heteroatoms. The van der Waals surface area contributed by atoms with Crippen molar-refractivity contribution >= 4 is 22.2 Å². The van der Waals surface area contributed by atoms with Crippen molar-refractivity contribution in [2.75, 3.05) is 6.54 Å². The number of nitrogens with zero attached hydrogens (tertiary/aromatic N) is 3. The summed E-state index contributed by atoms with van der Waals surface area (Å²) in [5.74, 6) is -0.346. The van der Waals surface area contributed by atoms with E-state index < -0.39 is 0 Å². The average Bonchev–Trinajstić information content (AvgIpc) is 3.36. The Balaban J connectivity index is 1.73. The van der Waals surface area contributed by atoms with E-state index in [4.69, 9.17) is 0 Å². The summed E-state index contributed by atoms with van der Waals surface area (Å²) in [4.78, 5) is 20.6. The molecule has 1 aromatic carbocycles. The minimum absolute atomic E-state index is 0.0232. The van der Waals surface area contributed by atoms with E-state index in [0.29, 0.717) is 28.5 Å². The van der Waals surface area contributed by atoms with Crippen molar-refractivity contribution < 1.29 is 9.18 Å². The lowest BCUT2D eigenvalue weighted by Crippen LogP contribution is -2.47. The number of carbonyl (C=O) groups is 1. The molecule has 0 bridgehead atoms. The monoisotopic (exact) mass is 395 g/mol. The highest BCUT2D eigenvalue weighted by Crippen LogP contribution is 2.38. The second kappa shape index (κ2) is 7.36. The second-order valence-corrected chi connectivity index (χ2v) is 7.99. The maximum atomic E-state index is 14.1. The fourth-order valence-corrected chi connectivity index (χ4v) is 5.02. The number of hydrogen-bond acceptors (Lipinski definition) is 3. The van der Waals surface area contributed by atoms with Gasteiger partial charge in [-0.3, -0.25) is 9.20 Å².